The molecule has 0 radical (unpaired) electrons. The number of nitrogens with one attached hydrogen (secondary N) is 1. The van der Waals surface area contributed by atoms with Crippen LogP contribution >= 0.6 is 12.4 Å². The molecular formula is C18H29ClN2O3S. The molecule has 0 spiro atoms. The van der Waals surface area contributed by atoms with E-state index in [1.807, 2.05) is 26.0 Å². The van der Waals surface area contributed by atoms with Crippen molar-refractivity contribution in [1.82, 2.24) is 4.72 Å². The summed E-state index contributed by atoms with van der Waals surface area (Å²) in [6.45, 7) is 3.96. The summed E-state index contributed by atoms with van der Waals surface area (Å²) in [5.74, 6) is 1.22. The topological polar surface area (TPSA) is 81.4 Å². The molecular weight excluding hydrogens is 360 g/mol. The van der Waals surface area contributed by atoms with E-state index >= 15 is 0 Å². The third kappa shape index (κ3) is 5.25. The summed E-state index contributed by atoms with van der Waals surface area (Å²) in [7, 11) is -3.33. The maximum absolute atomic E-state index is 12.7. The number of rotatable bonds is 4. The Morgan fingerprint density at radius 2 is 1.92 bits per heavy atom. The van der Waals surface area contributed by atoms with Gasteiger partial charge < -0.3 is 10.5 Å². The predicted molar refractivity (Wildman–Crippen MR) is 104 cm³/mol. The molecule has 1 aliphatic carbocycles. The lowest BCUT2D eigenvalue weighted by Crippen LogP contribution is -2.42. The zero-order valence-electron chi connectivity index (χ0n) is 15.0. The summed E-state index contributed by atoms with van der Waals surface area (Å²) in [5.41, 5.74) is 6.93. The predicted octanol–water partition coefficient (Wildman–Crippen LogP) is 3.79. The van der Waals surface area contributed by atoms with Gasteiger partial charge in [0.05, 0.1) is 11.8 Å². The molecule has 1 unspecified atom stereocenters. The largest absolute Gasteiger partial charge is 0.487 e. The van der Waals surface area contributed by atoms with Gasteiger partial charge in [0, 0.05) is 17.7 Å². The summed E-state index contributed by atoms with van der Waals surface area (Å²) < 4.78 is 34.3. The van der Waals surface area contributed by atoms with Crippen LogP contribution < -0.4 is 15.2 Å². The van der Waals surface area contributed by atoms with Crippen molar-refractivity contribution in [2.45, 2.75) is 64.0 Å². The van der Waals surface area contributed by atoms with E-state index < -0.39 is 15.6 Å². The molecule has 1 aromatic carbocycles. The molecule has 1 fully saturated rings. The van der Waals surface area contributed by atoms with Crippen LogP contribution in [0.25, 0.3) is 0 Å². The van der Waals surface area contributed by atoms with Gasteiger partial charge in [-0.25, -0.2) is 13.1 Å². The first kappa shape index (κ1) is 20.3. The molecule has 25 heavy (non-hydrogen) atoms. The average Bonchev–Trinajstić information content (AvgIpc) is 2.47. The molecule has 3 rings (SSSR count). The van der Waals surface area contributed by atoms with E-state index in [1.54, 1.807) is 6.07 Å². The average molecular weight is 389 g/mol. The van der Waals surface area contributed by atoms with E-state index in [2.05, 4.69) is 4.72 Å². The van der Waals surface area contributed by atoms with Gasteiger partial charge in [-0.3, -0.25) is 0 Å². The first-order valence-electron chi connectivity index (χ1n) is 8.82. The lowest BCUT2D eigenvalue weighted by Gasteiger charge is -2.38. The molecule has 0 aromatic heterocycles. The van der Waals surface area contributed by atoms with Crippen molar-refractivity contribution in [3.63, 3.8) is 0 Å². The Hall–Kier alpha value is -0.980. The second-order valence-corrected chi connectivity index (χ2v) is 9.62. The smallest absolute Gasteiger partial charge is 0.212 e. The number of ether oxygens (including phenoxy) is 1. The minimum atomic E-state index is -3.33. The van der Waals surface area contributed by atoms with Crippen LogP contribution in [0.3, 0.4) is 0 Å². The second-order valence-electron chi connectivity index (χ2n) is 7.82. The minimum absolute atomic E-state index is 0. The summed E-state index contributed by atoms with van der Waals surface area (Å²) in [5, 5.41) is 0. The van der Waals surface area contributed by atoms with Crippen molar-refractivity contribution in [1.29, 1.82) is 0 Å². The maximum atomic E-state index is 12.7. The molecule has 1 atom stereocenters. The van der Waals surface area contributed by atoms with Gasteiger partial charge in [-0.15, -0.1) is 12.4 Å². The molecule has 1 heterocycles. The van der Waals surface area contributed by atoms with Crippen LogP contribution in [0.4, 0.5) is 5.69 Å². The normalized spacial score (nSPS) is 23.2. The van der Waals surface area contributed by atoms with Crippen molar-refractivity contribution >= 4 is 28.1 Å². The Balaban J connectivity index is 0.00000225. The third-order valence-corrected chi connectivity index (χ3v) is 6.55. The van der Waals surface area contributed by atoms with Crippen molar-refractivity contribution in [3.8, 4) is 5.75 Å². The number of fused-ring (bicyclic) bond motifs is 1. The van der Waals surface area contributed by atoms with Crippen molar-refractivity contribution < 1.29 is 13.2 Å². The van der Waals surface area contributed by atoms with Crippen molar-refractivity contribution in [3.05, 3.63) is 23.8 Å². The van der Waals surface area contributed by atoms with Crippen molar-refractivity contribution in [2.24, 2.45) is 5.92 Å². The fourth-order valence-electron chi connectivity index (χ4n) is 3.91. The first-order chi connectivity index (χ1) is 11.2. The van der Waals surface area contributed by atoms with Gasteiger partial charge in [-0.2, -0.15) is 0 Å². The van der Waals surface area contributed by atoms with E-state index in [0.29, 0.717) is 17.9 Å². The van der Waals surface area contributed by atoms with Crippen LogP contribution in [0.5, 0.6) is 5.75 Å². The number of halogens is 1. The summed E-state index contributed by atoms with van der Waals surface area (Å²) in [4.78, 5) is 0. The van der Waals surface area contributed by atoms with Crippen LogP contribution in [0, 0.1) is 5.92 Å². The van der Waals surface area contributed by atoms with Crippen molar-refractivity contribution in [2.75, 3.05) is 11.5 Å². The molecule has 5 nitrogen and oxygen atoms in total. The highest BCUT2D eigenvalue weighted by Crippen LogP contribution is 2.40. The number of sulfonamides is 1. The highest BCUT2D eigenvalue weighted by atomic mass is 35.5. The zero-order chi connectivity index (χ0) is 17.4. The van der Waals surface area contributed by atoms with Crippen LogP contribution in [0.15, 0.2) is 18.2 Å². The monoisotopic (exact) mass is 388 g/mol. The van der Waals surface area contributed by atoms with Gasteiger partial charge in [0.25, 0.3) is 0 Å². The second kappa shape index (κ2) is 7.72. The van der Waals surface area contributed by atoms with E-state index in [9.17, 15) is 8.42 Å². The fourth-order valence-corrected chi connectivity index (χ4v) is 5.60. The van der Waals surface area contributed by atoms with Gasteiger partial charge >= 0.3 is 0 Å². The Morgan fingerprint density at radius 3 is 2.60 bits per heavy atom. The lowest BCUT2D eigenvalue weighted by atomic mass is 9.90. The SMILES string of the molecule is CC1(C)CC(NS(=O)(=O)CC2CCCCC2)c2cc(N)ccc2O1.Cl. The molecule has 142 valence electrons. The molecule has 0 bridgehead atoms. The Labute approximate surface area is 157 Å². The summed E-state index contributed by atoms with van der Waals surface area (Å²) >= 11 is 0. The highest BCUT2D eigenvalue weighted by molar-refractivity contribution is 7.89. The number of nitrogen functional groups attached to an aromatic ring is 1. The van der Waals surface area contributed by atoms with Crippen LogP contribution in [0.2, 0.25) is 0 Å². The fraction of sp³-hybridized carbons (Fsp3) is 0.667. The molecule has 3 N–H and O–H groups in total. The first-order valence-corrected chi connectivity index (χ1v) is 10.5. The third-order valence-electron chi connectivity index (χ3n) is 4.99. The van der Waals surface area contributed by atoms with E-state index in [-0.39, 0.29) is 30.1 Å². The lowest BCUT2D eigenvalue weighted by molar-refractivity contribution is 0.0702. The quantitative estimate of drug-likeness (QED) is 0.769. The Bertz CT molecular complexity index is 700. The molecule has 0 saturated heterocycles. The number of benzene rings is 1. The van der Waals surface area contributed by atoms with Gasteiger partial charge in [0.2, 0.25) is 10.0 Å². The van der Waals surface area contributed by atoms with Crippen LogP contribution in [0.1, 0.15) is 64.0 Å². The minimum Gasteiger partial charge on any atom is -0.487 e. The number of hydrogen-bond acceptors (Lipinski definition) is 4. The number of hydrogen-bond donors (Lipinski definition) is 2. The number of nitrogens with two attached hydrogens (primary N) is 1. The standard InChI is InChI=1S/C18H28N2O3S.ClH/c1-18(2)11-16(15-10-14(19)8-9-17(15)23-18)20-24(21,22)12-13-6-4-3-5-7-13;/h8-10,13,16,20H,3-7,11-12,19H2,1-2H3;1H. The molecule has 1 aliphatic heterocycles. The summed E-state index contributed by atoms with van der Waals surface area (Å²) in [6, 6.07) is 5.14. The van der Waals surface area contributed by atoms with Crippen LogP contribution in [-0.2, 0) is 10.0 Å². The molecule has 0 amide bonds. The zero-order valence-corrected chi connectivity index (χ0v) is 16.6. The Kier molecular flexibility index (Phi) is 6.28. The van der Waals surface area contributed by atoms with E-state index in [1.165, 1.54) is 6.42 Å². The molecule has 1 aromatic rings. The van der Waals surface area contributed by atoms with Gasteiger partial charge in [-0.1, -0.05) is 19.3 Å². The number of anilines is 1. The molecule has 2 aliphatic rings. The summed E-state index contributed by atoms with van der Waals surface area (Å²) in [6.07, 6.45) is 6.14. The van der Waals surface area contributed by atoms with Gasteiger partial charge in [-0.05, 0) is 50.8 Å². The maximum Gasteiger partial charge on any atom is 0.212 e. The van der Waals surface area contributed by atoms with Gasteiger partial charge in [0.15, 0.2) is 0 Å². The van der Waals surface area contributed by atoms with E-state index in [4.69, 9.17) is 10.5 Å². The van der Waals surface area contributed by atoms with E-state index in [0.717, 1.165) is 31.2 Å². The molecule has 7 heteroatoms. The van der Waals surface area contributed by atoms with Crippen LogP contribution in [-0.4, -0.2) is 19.8 Å². The molecule has 1 saturated carbocycles. The Morgan fingerprint density at radius 1 is 1.24 bits per heavy atom. The van der Waals surface area contributed by atoms with Gasteiger partial charge in [0.1, 0.15) is 11.4 Å². The highest BCUT2D eigenvalue weighted by Gasteiger charge is 2.36.